The number of carbonyl (C=O) groups excluding carboxylic acids is 1. The average Bonchev–Trinajstić information content (AvgIpc) is 3.41. The van der Waals surface area contributed by atoms with Gasteiger partial charge in [-0.05, 0) is 35.8 Å². The molecule has 0 spiro atoms. The summed E-state index contributed by atoms with van der Waals surface area (Å²) in [5.74, 6) is 3.33. The van der Waals surface area contributed by atoms with Crippen LogP contribution in [0.1, 0.15) is 24.3 Å². The van der Waals surface area contributed by atoms with Crippen molar-refractivity contribution in [2.75, 3.05) is 18.8 Å². The molecule has 1 aliphatic heterocycles. The Morgan fingerprint density at radius 1 is 1.29 bits per heavy atom. The van der Waals surface area contributed by atoms with Crippen molar-refractivity contribution in [2.45, 2.75) is 25.0 Å². The molecule has 1 aliphatic rings. The van der Waals surface area contributed by atoms with Crippen molar-refractivity contribution in [2.24, 2.45) is 5.92 Å². The van der Waals surface area contributed by atoms with Crippen molar-refractivity contribution >= 4 is 29.0 Å². The third-order valence-electron chi connectivity index (χ3n) is 4.92. The molecule has 3 aromatic rings. The number of aromatic nitrogens is 2. The smallest absolute Gasteiger partial charge is 0.232 e. The quantitative estimate of drug-likeness (QED) is 0.570. The second-order valence-electron chi connectivity index (χ2n) is 7.05. The summed E-state index contributed by atoms with van der Waals surface area (Å²) >= 11 is 3.30. The van der Waals surface area contributed by atoms with Gasteiger partial charge in [0.1, 0.15) is 0 Å². The summed E-state index contributed by atoms with van der Waals surface area (Å²) in [4.78, 5) is 19.1. The van der Waals surface area contributed by atoms with Crippen molar-refractivity contribution in [1.82, 2.24) is 15.0 Å². The van der Waals surface area contributed by atoms with Crippen molar-refractivity contribution in [1.29, 1.82) is 0 Å². The van der Waals surface area contributed by atoms with E-state index in [0.717, 1.165) is 43.7 Å². The summed E-state index contributed by atoms with van der Waals surface area (Å²) < 4.78 is 5.44. The normalized spacial score (nSPS) is 17.0. The zero-order valence-electron chi connectivity index (χ0n) is 15.6. The van der Waals surface area contributed by atoms with Crippen LogP contribution in [0, 0.1) is 5.92 Å². The number of hydrogen-bond donors (Lipinski definition) is 0. The molecule has 28 heavy (non-hydrogen) atoms. The zero-order valence-corrected chi connectivity index (χ0v) is 17.3. The van der Waals surface area contributed by atoms with E-state index in [4.69, 9.17) is 4.52 Å². The van der Waals surface area contributed by atoms with Gasteiger partial charge < -0.3 is 9.42 Å². The SMILES string of the molecule is O=C(CSCc1ccccc1)N1CCC[C@H](Cc2nc(-c3ccsc3)no2)C1. The van der Waals surface area contributed by atoms with Crippen LogP contribution < -0.4 is 0 Å². The number of hydrogen-bond acceptors (Lipinski definition) is 6. The molecule has 0 bridgehead atoms. The van der Waals surface area contributed by atoms with Crippen molar-refractivity contribution in [3.8, 4) is 11.4 Å². The van der Waals surface area contributed by atoms with Gasteiger partial charge >= 0.3 is 0 Å². The van der Waals surface area contributed by atoms with Crippen LogP contribution in [0.5, 0.6) is 0 Å². The number of amides is 1. The molecule has 1 fully saturated rings. The number of carbonyl (C=O) groups is 1. The van der Waals surface area contributed by atoms with E-state index in [-0.39, 0.29) is 5.91 Å². The van der Waals surface area contributed by atoms with Crippen molar-refractivity contribution in [3.63, 3.8) is 0 Å². The molecule has 0 unspecified atom stereocenters. The number of thiophene rings is 1. The minimum Gasteiger partial charge on any atom is -0.342 e. The number of thioether (sulfide) groups is 1. The molecule has 1 aromatic carbocycles. The lowest BCUT2D eigenvalue weighted by Crippen LogP contribution is -2.41. The maximum atomic E-state index is 12.6. The molecule has 3 heterocycles. The Morgan fingerprint density at radius 2 is 2.18 bits per heavy atom. The van der Waals surface area contributed by atoms with Gasteiger partial charge in [0.2, 0.25) is 17.6 Å². The number of nitrogens with zero attached hydrogens (tertiary/aromatic N) is 3. The molecule has 1 saturated heterocycles. The minimum absolute atomic E-state index is 0.232. The molecule has 0 N–H and O–H groups in total. The standard InChI is InChI=1S/C21H23N3O2S2/c25-20(15-28-13-16-5-2-1-3-6-16)24-9-4-7-17(12-24)11-19-22-21(23-26-19)18-8-10-27-14-18/h1-3,5-6,8,10,14,17H,4,7,9,11-13,15H2/t17-/m1/s1. The summed E-state index contributed by atoms with van der Waals surface area (Å²) in [5, 5.41) is 8.11. The molecule has 0 aliphatic carbocycles. The number of piperidine rings is 1. The van der Waals surface area contributed by atoms with Gasteiger partial charge in [0, 0.05) is 36.2 Å². The summed E-state index contributed by atoms with van der Waals surface area (Å²) in [7, 11) is 0. The van der Waals surface area contributed by atoms with Gasteiger partial charge in [-0.3, -0.25) is 4.79 Å². The third kappa shape index (κ3) is 5.02. The second kappa shape index (κ2) is 9.39. The molecule has 0 saturated carbocycles. The van der Waals surface area contributed by atoms with E-state index in [9.17, 15) is 4.79 Å². The first-order valence-electron chi connectivity index (χ1n) is 9.52. The van der Waals surface area contributed by atoms with E-state index >= 15 is 0 Å². The predicted octanol–water partition coefficient (Wildman–Crippen LogP) is 4.51. The highest BCUT2D eigenvalue weighted by Gasteiger charge is 2.25. The highest BCUT2D eigenvalue weighted by Crippen LogP contribution is 2.24. The molecule has 0 radical (unpaired) electrons. The van der Waals surface area contributed by atoms with Crippen LogP contribution in [0.2, 0.25) is 0 Å². The lowest BCUT2D eigenvalue weighted by Gasteiger charge is -2.32. The molecule has 1 amide bonds. The first-order chi connectivity index (χ1) is 13.8. The molecule has 5 nitrogen and oxygen atoms in total. The Hall–Kier alpha value is -2.12. The van der Waals surface area contributed by atoms with Gasteiger partial charge in [-0.15, -0.1) is 11.8 Å². The molecular weight excluding hydrogens is 390 g/mol. The monoisotopic (exact) mass is 413 g/mol. The summed E-state index contributed by atoms with van der Waals surface area (Å²) in [5.41, 5.74) is 2.26. The van der Waals surface area contributed by atoms with Gasteiger partial charge in [0.15, 0.2) is 0 Å². The topological polar surface area (TPSA) is 59.2 Å². The molecule has 2 aromatic heterocycles. The van der Waals surface area contributed by atoms with Crippen LogP contribution in [0.25, 0.3) is 11.4 Å². The lowest BCUT2D eigenvalue weighted by molar-refractivity contribution is -0.130. The fourth-order valence-electron chi connectivity index (χ4n) is 3.47. The van der Waals surface area contributed by atoms with Crippen LogP contribution in [0.15, 0.2) is 51.7 Å². The van der Waals surface area contributed by atoms with Gasteiger partial charge in [0.25, 0.3) is 0 Å². The van der Waals surface area contributed by atoms with Gasteiger partial charge in [-0.25, -0.2) is 0 Å². The van der Waals surface area contributed by atoms with Crippen LogP contribution in [-0.2, 0) is 17.0 Å². The highest BCUT2D eigenvalue weighted by molar-refractivity contribution is 7.99. The number of rotatable bonds is 7. The average molecular weight is 414 g/mol. The van der Waals surface area contributed by atoms with Crippen molar-refractivity contribution < 1.29 is 9.32 Å². The third-order valence-corrected chi connectivity index (χ3v) is 6.59. The molecule has 4 rings (SSSR count). The highest BCUT2D eigenvalue weighted by atomic mass is 32.2. The first-order valence-corrected chi connectivity index (χ1v) is 11.6. The lowest BCUT2D eigenvalue weighted by atomic mass is 9.95. The predicted molar refractivity (Wildman–Crippen MR) is 113 cm³/mol. The maximum absolute atomic E-state index is 12.6. The number of likely N-dealkylation sites (tertiary alicyclic amines) is 1. The Morgan fingerprint density at radius 3 is 3.00 bits per heavy atom. The largest absolute Gasteiger partial charge is 0.342 e. The van der Waals surface area contributed by atoms with Crippen LogP contribution in [0.3, 0.4) is 0 Å². The summed E-state index contributed by atoms with van der Waals surface area (Å²) in [6.45, 7) is 1.63. The maximum Gasteiger partial charge on any atom is 0.232 e. The minimum atomic E-state index is 0.232. The number of benzene rings is 1. The molecule has 7 heteroatoms. The summed E-state index contributed by atoms with van der Waals surface area (Å²) in [6.07, 6.45) is 2.86. The van der Waals surface area contributed by atoms with Crippen molar-refractivity contribution in [3.05, 3.63) is 58.6 Å². The van der Waals surface area contributed by atoms with Crippen LogP contribution in [0.4, 0.5) is 0 Å². The summed E-state index contributed by atoms with van der Waals surface area (Å²) in [6, 6.07) is 12.3. The van der Waals surface area contributed by atoms with E-state index in [1.807, 2.05) is 39.9 Å². The van der Waals surface area contributed by atoms with E-state index in [0.29, 0.717) is 23.4 Å². The fraction of sp³-hybridized carbons (Fsp3) is 0.381. The van der Waals surface area contributed by atoms with Gasteiger partial charge in [-0.1, -0.05) is 35.5 Å². The van der Waals surface area contributed by atoms with Crippen LogP contribution >= 0.6 is 23.1 Å². The van der Waals surface area contributed by atoms with Crippen LogP contribution in [-0.4, -0.2) is 39.8 Å². The zero-order chi connectivity index (χ0) is 19.2. The van der Waals surface area contributed by atoms with E-state index in [2.05, 4.69) is 22.3 Å². The molecular formula is C21H23N3O2S2. The van der Waals surface area contributed by atoms with E-state index in [1.54, 1.807) is 23.1 Å². The van der Waals surface area contributed by atoms with E-state index < -0.39 is 0 Å². The second-order valence-corrected chi connectivity index (χ2v) is 8.82. The fourth-order valence-corrected chi connectivity index (χ4v) is 5.00. The Bertz CT molecular complexity index is 880. The molecule has 146 valence electrons. The Labute approximate surface area is 173 Å². The Kier molecular flexibility index (Phi) is 6.44. The van der Waals surface area contributed by atoms with Gasteiger partial charge in [-0.2, -0.15) is 16.3 Å². The Balaban J connectivity index is 1.26. The van der Waals surface area contributed by atoms with E-state index in [1.165, 1.54) is 5.56 Å². The van der Waals surface area contributed by atoms with Gasteiger partial charge in [0.05, 0.1) is 5.75 Å². The first kappa shape index (κ1) is 19.2. The molecule has 1 atom stereocenters.